The first-order chi connectivity index (χ1) is 12.5. The van der Waals surface area contributed by atoms with Gasteiger partial charge >= 0.3 is 5.97 Å². The Balaban J connectivity index is 1.89. The maximum Gasteiger partial charge on any atom is 0.303 e. The molecule has 1 heterocycles. The Kier molecular flexibility index (Phi) is 7.02. The Bertz CT molecular complexity index is 818. The number of rotatable bonds is 9. The van der Waals surface area contributed by atoms with Gasteiger partial charge in [-0.25, -0.2) is 4.39 Å². The van der Waals surface area contributed by atoms with Crippen LogP contribution in [-0.4, -0.2) is 33.3 Å². The number of amides is 1. The third-order valence-electron chi connectivity index (χ3n) is 3.71. The molecule has 0 spiro atoms. The van der Waals surface area contributed by atoms with Gasteiger partial charge in [-0.05, 0) is 43.2 Å². The van der Waals surface area contributed by atoms with Crippen molar-refractivity contribution in [2.75, 3.05) is 6.54 Å². The van der Waals surface area contributed by atoms with Gasteiger partial charge in [-0.15, -0.1) is 0 Å². The van der Waals surface area contributed by atoms with E-state index in [1.807, 2.05) is 0 Å². The SMILES string of the molecule is O=C(O)CCCCCCNC(=O)c1ccc(=O)n(-c2ccc(F)cc2)n1. The Morgan fingerprint density at radius 2 is 1.73 bits per heavy atom. The summed E-state index contributed by atoms with van der Waals surface area (Å²) in [6, 6.07) is 7.80. The molecule has 1 aromatic heterocycles. The Hall–Kier alpha value is -3.03. The summed E-state index contributed by atoms with van der Waals surface area (Å²) in [4.78, 5) is 34.5. The summed E-state index contributed by atoms with van der Waals surface area (Å²) in [5.41, 5.74) is 0.0240. The Morgan fingerprint density at radius 3 is 2.42 bits per heavy atom. The molecule has 0 aliphatic heterocycles. The zero-order valence-corrected chi connectivity index (χ0v) is 14.2. The highest BCUT2D eigenvalue weighted by atomic mass is 19.1. The molecule has 2 aromatic rings. The van der Waals surface area contributed by atoms with E-state index < -0.39 is 23.3 Å². The van der Waals surface area contributed by atoms with Crippen LogP contribution >= 0.6 is 0 Å². The number of benzene rings is 1. The van der Waals surface area contributed by atoms with E-state index in [2.05, 4.69) is 10.4 Å². The third kappa shape index (κ3) is 5.80. The van der Waals surface area contributed by atoms with Crippen LogP contribution < -0.4 is 10.9 Å². The van der Waals surface area contributed by atoms with Gasteiger partial charge in [0.15, 0.2) is 0 Å². The molecule has 0 aliphatic carbocycles. The van der Waals surface area contributed by atoms with Crippen molar-refractivity contribution in [1.29, 1.82) is 0 Å². The van der Waals surface area contributed by atoms with Crippen LogP contribution in [0.1, 0.15) is 42.6 Å². The fourth-order valence-corrected chi connectivity index (χ4v) is 2.35. The Morgan fingerprint density at radius 1 is 1.04 bits per heavy atom. The number of carboxylic acid groups (broad SMARTS) is 1. The van der Waals surface area contributed by atoms with Crippen molar-refractivity contribution < 1.29 is 19.1 Å². The lowest BCUT2D eigenvalue weighted by Crippen LogP contribution is -2.29. The highest BCUT2D eigenvalue weighted by molar-refractivity contribution is 5.92. The molecule has 2 rings (SSSR count). The number of aromatic nitrogens is 2. The number of nitrogens with one attached hydrogen (secondary N) is 1. The average Bonchev–Trinajstić information content (AvgIpc) is 2.61. The van der Waals surface area contributed by atoms with Crippen molar-refractivity contribution >= 4 is 11.9 Å². The minimum Gasteiger partial charge on any atom is -0.481 e. The number of hydrogen-bond acceptors (Lipinski definition) is 4. The average molecular weight is 361 g/mol. The second kappa shape index (κ2) is 9.45. The smallest absolute Gasteiger partial charge is 0.303 e. The monoisotopic (exact) mass is 361 g/mol. The minimum atomic E-state index is -0.805. The summed E-state index contributed by atoms with van der Waals surface area (Å²) in [5.74, 6) is -1.65. The van der Waals surface area contributed by atoms with Gasteiger partial charge in [-0.2, -0.15) is 9.78 Å². The molecule has 26 heavy (non-hydrogen) atoms. The van der Waals surface area contributed by atoms with Crippen molar-refractivity contribution in [3.8, 4) is 5.69 Å². The predicted molar refractivity (Wildman–Crippen MR) is 92.8 cm³/mol. The first kappa shape index (κ1) is 19.3. The fraction of sp³-hybridized carbons (Fsp3) is 0.333. The van der Waals surface area contributed by atoms with E-state index in [9.17, 15) is 18.8 Å². The van der Waals surface area contributed by atoms with Crippen molar-refractivity contribution in [3.63, 3.8) is 0 Å². The van der Waals surface area contributed by atoms with Gasteiger partial charge in [-0.3, -0.25) is 14.4 Å². The van der Waals surface area contributed by atoms with Crippen molar-refractivity contribution in [3.05, 3.63) is 58.3 Å². The first-order valence-electron chi connectivity index (χ1n) is 8.33. The van der Waals surface area contributed by atoms with Gasteiger partial charge in [0.25, 0.3) is 11.5 Å². The molecule has 0 radical (unpaired) electrons. The summed E-state index contributed by atoms with van der Waals surface area (Å²) in [7, 11) is 0. The van der Waals surface area contributed by atoms with Crippen LogP contribution in [0, 0.1) is 5.82 Å². The van der Waals surface area contributed by atoms with Crippen LogP contribution in [0.5, 0.6) is 0 Å². The second-order valence-electron chi connectivity index (χ2n) is 5.76. The van der Waals surface area contributed by atoms with Gasteiger partial charge in [0.05, 0.1) is 5.69 Å². The number of carboxylic acids is 1. The predicted octanol–water partition coefficient (Wildman–Crippen LogP) is 2.14. The highest BCUT2D eigenvalue weighted by Gasteiger charge is 2.10. The summed E-state index contributed by atoms with van der Waals surface area (Å²) in [5, 5.41) is 15.3. The largest absolute Gasteiger partial charge is 0.481 e. The van der Waals surface area contributed by atoms with E-state index in [0.717, 1.165) is 23.9 Å². The van der Waals surface area contributed by atoms with Crippen LogP contribution in [0.25, 0.3) is 5.69 Å². The fourth-order valence-electron chi connectivity index (χ4n) is 2.35. The normalized spacial score (nSPS) is 10.5. The molecule has 0 saturated carbocycles. The van der Waals surface area contributed by atoms with Crippen molar-refractivity contribution in [1.82, 2.24) is 15.1 Å². The summed E-state index contributed by atoms with van der Waals surface area (Å²) >= 11 is 0. The first-order valence-corrected chi connectivity index (χ1v) is 8.33. The number of halogens is 1. The van der Waals surface area contributed by atoms with Crippen LogP contribution in [0.2, 0.25) is 0 Å². The standard InChI is InChI=1S/C18H20FN3O4/c19-13-6-8-14(9-7-13)22-16(23)11-10-15(21-22)18(26)20-12-4-2-1-3-5-17(24)25/h6-11H,1-5,12H2,(H,20,26)(H,24,25). The number of carbonyl (C=O) groups excluding carboxylic acids is 1. The maximum atomic E-state index is 13.0. The molecule has 0 aliphatic rings. The summed E-state index contributed by atoms with van der Waals surface area (Å²) in [6.45, 7) is 0.434. The molecule has 0 fully saturated rings. The maximum absolute atomic E-state index is 13.0. The molecule has 0 saturated heterocycles. The number of hydrogen-bond donors (Lipinski definition) is 2. The van der Waals surface area contributed by atoms with Gasteiger partial charge in [0, 0.05) is 19.0 Å². The minimum absolute atomic E-state index is 0.0832. The lowest BCUT2D eigenvalue weighted by molar-refractivity contribution is -0.137. The third-order valence-corrected chi connectivity index (χ3v) is 3.71. The van der Waals surface area contributed by atoms with Crippen molar-refractivity contribution in [2.45, 2.75) is 32.1 Å². The molecular formula is C18H20FN3O4. The molecule has 0 atom stereocenters. The van der Waals surface area contributed by atoms with Gasteiger partial charge in [0.2, 0.25) is 0 Å². The van der Waals surface area contributed by atoms with E-state index in [1.165, 1.54) is 36.4 Å². The molecular weight excluding hydrogens is 341 g/mol. The van der Waals surface area contributed by atoms with Gasteiger partial charge < -0.3 is 10.4 Å². The lowest BCUT2D eigenvalue weighted by Gasteiger charge is -2.08. The number of unbranched alkanes of at least 4 members (excludes halogenated alkanes) is 3. The number of aliphatic carboxylic acids is 1. The molecule has 7 nitrogen and oxygen atoms in total. The highest BCUT2D eigenvalue weighted by Crippen LogP contribution is 2.06. The van der Waals surface area contributed by atoms with Crippen LogP contribution in [0.15, 0.2) is 41.2 Å². The zero-order valence-electron chi connectivity index (χ0n) is 14.2. The topological polar surface area (TPSA) is 101 Å². The summed E-state index contributed by atoms with van der Waals surface area (Å²) < 4.78 is 14.0. The molecule has 8 heteroatoms. The second-order valence-corrected chi connectivity index (χ2v) is 5.76. The molecule has 2 N–H and O–H groups in total. The van der Waals surface area contributed by atoms with E-state index >= 15 is 0 Å². The quantitative estimate of drug-likeness (QED) is 0.666. The van der Waals surface area contributed by atoms with E-state index in [4.69, 9.17) is 5.11 Å². The molecule has 0 bridgehead atoms. The van der Waals surface area contributed by atoms with E-state index in [1.54, 1.807) is 0 Å². The van der Waals surface area contributed by atoms with E-state index in [-0.39, 0.29) is 12.1 Å². The Labute approximate surface area is 149 Å². The van der Waals surface area contributed by atoms with Gasteiger partial charge in [0.1, 0.15) is 11.5 Å². The number of nitrogens with zero attached hydrogens (tertiary/aromatic N) is 2. The molecule has 1 aromatic carbocycles. The zero-order chi connectivity index (χ0) is 18.9. The van der Waals surface area contributed by atoms with Crippen molar-refractivity contribution in [2.24, 2.45) is 0 Å². The number of carbonyl (C=O) groups is 2. The summed E-state index contributed by atoms with van der Waals surface area (Å²) in [6.07, 6.45) is 3.10. The van der Waals surface area contributed by atoms with Crippen LogP contribution in [0.4, 0.5) is 4.39 Å². The van der Waals surface area contributed by atoms with Gasteiger partial charge in [-0.1, -0.05) is 12.8 Å². The molecule has 0 unspecified atom stereocenters. The molecule has 138 valence electrons. The van der Waals surface area contributed by atoms with Crippen LogP contribution in [-0.2, 0) is 4.79 Å². The van der Waals surface area contributed by atoms with E-state index in [0.29, 0.717) is 18.7 Å². The molecule has 1 amide bonds. The van der Waals surface area contributed by atoms with Crippen LogP contribution in [0.3, 0.4) is 0 Å². The lowest BCUT2D eigenvalue weighted by atomic mass is 10.1.